The van der Waals surface area contributed by atoms with Gasteiger partial charge in [0.1, 0.15) is 5.69 Å². The molecule has 0 aliphatic heterocycles. The maximum absolute atomic E-state index is 13.8. The van der Waals surface area contributed by atoms with Crippen LogP contribution in [0.2, 0.25) is 0 Å². The molecule has 1 aromatic heterocycles. The number of hydrogen-bond donors (Lipinski definition) is 1. The lowest BCUT2D eigenvalue weighted by Crippen LogP contribution is -2.13. The average Bonchev–Trinajstić information content (AvgIpc) is 3.17. The molecule has 186 valence electrons. The van der Waals surface area contributed by atoms with E-state index in [-0.39, 0.29) is 34.2 Å². The summed E-state index contributed by atoms with van der Waals surface area (Å²) in [4.78, 5) is 27.3. The van der Waals surface area contributed by atoms with Crippen molar-refractivity contribution in [3.63, 3.8) is 0 Å². The predicted molar refractivity (Wildman–Crippen MR) is 106 cm³/mol. The number of carbonyl (C=O) groups excluding carboxylic acids is 2. The minimum absolute atomic E-state index is 0.0245. The van der Waals surface area contributed by atoms with Crippen LogP contribution in [0.4, 0.5) is 35.1 Å². The van der Waals surface area contributed by atoms with Gasteiger partial charge in [-0.1, -0.05) is 0 Å². The van der Waals surface area contributed by atoms with E-state index in [0.717, 1.165) is 12.1 Å². The molecular weight excluding hydrogens is 506 g/mol. The topological polar surface area (TPSA) is 68.4 Å². The van der Waals surface area contributed by atoms with E-state index in [4.69, 9.17) is 0 Å². The van der Waals surface area contributed by atoms with Crippen molar-refractivity contribution in [1.29, 1.82) is 0 Å². The molecule has 0 aliphatic carbocycles. The van der Waals surface area contributed by atoms with Gasteiger partial charge in [-0.15, -0.1) is 0 Å². The molecule has 0 bridgehead atoms. The van der Waals surface area contributed by atoms with Gasteiger partial charge >= 0.3 is 11.9 Å². The Morgan fingerprint density at radius 2 is 1.11 bits per heavy atom. The highest BCUT2D eigenvalue weighted by atomic mass is 19.2. The van der Waals surface area contributed by atoms with Gasteiger partial charge in [0, 0.05) is 23.0 Å². The van der Waals surface area contributed by atoms with Gasteiger partial charge < -0.3 is 14.5 Å². The van der Waals surface area contributed by atoms with Crippen molar-refractivity contribution in [2.24, 2.45) is 0 Å². The predicted octanol–water partition coefficient (Wildman–Crippen LogP) is 6.03. The molecule has 13 heteroatoms. The van der Waals surface area contributed by atoms with Crippen LogP contribution in [-0.2, 0) is 0 Å². The lowest BCUT2D eigenvalue weighted by atomic mass is 10.1. The molecule has 0 unspecified atom stereocenters. The normalized spacial score (nSPS) is 11.1. The Morgan fingerprint density at radius 3 is 1.58 bits per heavy atom. The van der Waals surface area contributed by atoms with Crippen LogP contribution in [0.3, 0.4) is 0 Å². The number of esters is 2. The summed E-state index contributed by atoms with van der Waals surface area (Å²) in [6.45, 7) is 1.30. The lowest BCUT2D eigenvalue weighted by molar-refractivity contribution is 0.0705. The molecule has 1 heterocycles. The van der Waals surface area contributed by atoms with Crippen LogP contribution in [0.15, 0.2) is 30.3 Å². The van der Waals surface area contributed by atoms with Crippen LogP contribution in [-0.4, -0.2) is 16.9 Å². The Hall–Kier alpha value is -4.42. The molecule has 0 saturated carbocycles. The summed E-state index contributed by atoms with van der Waals surface area (Å²) in [7, 11) is 0. The number of H-pyrrole nitrogens is 1. The fourth-order valence-electron chi connectivity index (χ4n) is 3.23. The van der Waals surface area contributed by atoms with E-state index < -0.39 is 75.7 Å². The van der Waals surface area contributed by atoms with Crippen molar-refractivity contribution in [3.8, 4) is 11.5 Å². The number of rotatable bonds is 4. The average molecular weight is 515 g/mol. The van der Waals surface area contributed by atoms with Crippen molar-refractivity contribution in [3.05, 3.63) is 93.7 Å². The SMILES string of the molecule is Cc1c(C(=O)Oc2c(F)c(F)cc(F)c2F)[nH]c2ccc(C(=O)Oc3c(F)c(F)cc(F)c3F)cc12. The smallest absolute Gasteiger partial charge is 0.360 e. The molecule has 0 atom stereocenters. The first-order chi connectivity index (χ1) is 16.9. The first kappa shape index (κ1) is 24.7. The highest BCUT2D eigenvalue weighted by Gasteiger charge is 2.27. The maximum atomic E-state index is 13.8. The molecule has 0 saturated heterocycles. The first-order valence-electron chi connectivity index (χ1n) is 9.63. The molecule has 5 nitrogen and oxygen atoms in total. The second-order valence-corrected chi connectivity index (χ2v) is 7.26. The van der Waals surface area contributed by atoms with E-state index in [1.165, 1.54) is 13.0 Å². The van der Waals surface area contributed by atoms with Crippen LogP contribution in [0.25, 0.3) is 10.9 Å². The van der Waals surface area contributed by atoms with Crippen LogP contribution in [0.1, 0.15) is 26.4 Å². The molecule has 4 rings (SSSR count). The number of aromatic amines is 1. The van der Waals surface area contributed by atoms with Gasteiger partial charge in [0.25, 0.3) is 0 Å². The zero-order chi connectivity index (χ0) is 26.5. The second-order valence-electron chi connectivity index (χ2n) is 7.26. The largest absolute Gasteiger partial charge is 0.416 e. The number of ether oxygens (including phenoxy) is 2. The van der Waals surface area contributed by atoms with Crippen molar-refractivity contribution in [2.75, 3.05) is 0 Å². The minimum atomic E-state index is -1.95. The zero-order valence-corrected chi connectivity index (χ0v) is 17.5. The maximum Gasteiger partial charge on any atom is 0.360 e. The summed E-state index contributed by atoms with van der Waals surface area (Å²) in [5, 5.41) is 0.106. The summed E-state index contributed by atoms with van der Waals surface area (Å²) in [5.41, 5.74) is -0.631. The Bertz CT molecular complexity index is 1530. The number of aromatic nitrogens is 1. The van der Waals surface area contributed by atoms with E-state index in [1.807, 2.05) is 0 Å². The quantitative estimate of drug-likeness (QED) is 0.156. The summed E-state index contributed by atoms with van der Waals surface area (Å²) < 4.78 is 118. The molecule has 0 fully saturated rings. The van der Waals surface area contributed by atoms with Gasteiger partial charge in [0.15, 0.2) is 23.3 Å². The van der Waals surface area contributed by atoms with Crippen LogP contribution in [0.5, 0.6) is 11.5 Å². The highest BCUT2D eigenvalue weighted by Crippen LogP contribution is 2.30. The second kappa shape index (κ2) is 8.98. The summed E-state index contributed by atoms with van der Waals surface area (Å²) in [6, 6.07) is 3.16. The Kier molecular flexibility index (Phi) is 6.16. The van der Waals surface area contributed by atoms with Crippen molar-refractivity contribution in [1.82, 2.24) is 4.98 Å². The number of fused-ring (bicyclic) bond motifs is 1. The summed E-state index contributed by atoms with van der Waals surface area (Å²) >= 11 is 0. The molecule has 0 amide bonds. The lowest BCUT2D eigenvalue weighted by Gasteiger charge is -2.08. The van der Waals surface area contributed by atoms with Gasteiger partial charge in [-0.25, -0.2) is 27.2 Å². The Balaban J connectivity index is 1.66. The van der Waals surface area contributed by atoms with E-state index in [9.17, 15) is 44.7 Å². The highest BCUT2D eigenvalue weighted by molar-refractivity contribution is 6.02. The van der Waals surface area contributed by atoms with Crippen molar-refractivity contribution >= 4 is 22.8 Å². The first-order valence-corrected chi connectivity index (χ1v) is 9.63. The van der Waals surface area contributed by atoms with Gasteiger partial charge in [-0.3, -0.25) is 0 Å². The molecule has 0 aliphatic rings. The van der Waals surface area contributed by atoms with Crippen molar-refractivity contribution < 1.29 is 54.2 Å². The molecular formula is C23H9F8NO4. The third-order valence-corrected chi connectivity index (χ3v) is 5.03. The minimum Gasteiger partial charge on any atom is -0.416 e. The Morgan fingerprint density at radius 1 is 0.667 bits per heavy atom. The van der Waals surface area contributed by atoms with E-state index in [0.29, 0.717) is 0 Å². The summed E-state index contributed by atoms with van der Waals surface area (Å²) in [5.74, 6) is -21.1. The van der Waals surface area contributed by atoms with Crippen LogP contribution >= 0.6 is 0 Å². The molecule has 4 aromatic rings. The number of nitrogens with one attached hydrogen (secondary N) is 1. The fraction of sp³-hybridized carbons (Fsp3) is 0.0435. The molecule has 3 aromatic carbocycles. The van der Waals surface area contributed by atoms with Crippen LogP contribution < -0.4 is 9.47 Å². The summed E-state index contributed by atoms with van der Waals surface area (Å²) in [6.07, 6.45) is 0. The van der Waals surface area contributed by atoms with Gasteiger partial charge in [-0.05, 0) is 30.7 Å². The monoisotopic (exact) mass is 515 g/mol. The third-order valence-electron chi connectivity index (χ3n) is 5.03. The van der Waals surface area contributed by atoms with Crippen molar-refractivity contribution in [2.45, 2.75) is 6.92 Å². The Labute approximate surface area is 194 Å². The van der Waals surface area contributed by atoms with Gasteiger partial charge in [-0.2, -0.15) is 17.6 Å². The fourth-order valence-corrected chi connectivity index (χ4v) is 3.23. The number of hydrogen-bond acceptors (Lipinski definition) is 4. The number of benzene rings is 3. The molecule has 0 radical (unpaired) electrons. The number of halogens is 8. The van der Waals surface area contributed by atoms with Gasteiger partial charge in [0.05, 0.1) is 5.56 Å². The molecule has 0 spiro atoms. The van der Waals surface area contributed by atoms with Crippen LogP contribution in [0, 0.1) is 53.5 Å². The van der Waals surface area contributed by atoms with Gasteiger partial charge in [0.2, 0.25) is 34.8 Å². The van der Waals surface area contributed by atoms with E-state index in [2.05, 4.69) is 14.5 Å². The zero-order valence-electron chi connectivity index (χ0n) is 17.5. The number of aryl methyl sites for hydroxylation is 1. The standard InChI is InChI=1S/C23H9F8NO4/c1-7-9-4-8(22(33)35-20-15(28)10(24)5-11(25)16(20)29)2-3-14(9)32-19(7)23(34)36-21-17(30)12(26)6-13(27)18(21)31/h2-6,32H,1H3. The van der Waals surface area contributed by atoms with E-state index in [1.54, 1.807) is 0 Å². The molecule has 1 N–H and O–H groups in total. The third kappa shape index (κ3) is 4.12. The van der Waals surface area contributed by atoms with E-state index >= 15 is 0 Å². The molecule has 36 heavy (non-hydrogen) atoms. The number of carbonyl (C=O) groups is 2.